The number of halogens is 1. The second-order valence-electron chi connectivity index (χ2n) is 3.56. The molecule has 1 rings (SSSR count). The molecule has 0 aromatic heterocycles. The van der Waals surface area contributed by atoms with Gasteiger partial charge < -0.3 is 4.74 Å². The highest BCUT2D eigenvalue weighted by molar-refractivity contribution is 8.01. The number of esters is 1. The number of carbonyl (C=O) groups is 1. The monoisotopic (exact) mass is 228 g/mol. The Morgan fingerprint density at radius 2 is 1.87 bits per heavy atom. The van der Waals surface area contributed by atoms with E-state index in [1.54, 1.807) is 26.0 Å². The lowest BCUT2D eigenvalue weighted by molar-refractivity contribution is -0.142. The van der Waals surface area contributed by atoms with Crippen LogP contribution in [0.15, 0.2) is 29.2 Å². The number of hydrogen-bond acceptors (Lipinski definition) is 3. The van der Waals surface area contributed by atoms with Crippen LogP contribution in [0.3, 0.4) is 0 Å². The first-order valence-corrected chi connectivity index (χ1v) is 5.30. The van der Waals surface area contributed by atoms with Crippen molar-refractivity contribution in [2.24, 2.45) is 0 Å². The second-order valence-corrected chi connectivity index (χ2v) is 5.25. The lowest BCUT2D eigenvalue weighted by Gasteiger charge is -2.20. The van der Waals surface area contributed by atoms with Crippen molar-refractivity contribution in [2.75, 3.05) is 7.11 Å². The summed E-state index contributed by atoms with van der Waals surface area (Å²) in [4.78, 5) is 12.2. The van der Waals surface area contributed by atoms with Gasteiger partial charge in [-0.3, -0.25) is 4.79 Å². The van der Waals surface area contributed by atoms with Crippen molar-refractivity contribution in [3.05, 3.63) is 30.1 Å². The quantitative estimate of drug-likeness (QED) is 0.588. The van der Waals surface area contributed by atoms with E-state index in [-0.39, 0.29) is 11.8 Å². The van der Waals surface area contributed by atoms with E-state index < -0.39 is 4.75 Å². The zero-order valence-electron chi connectivity index (χ0n) is 8.91. The Kier molecular flexibility index (Phi) is 3.74. The van der Waals surface area contributed by atoms with Crippen molar-refractivity contribution >= 4 is 17.7 Å². The van der Waals surface area contributed by atoms with E-state index in [0.29, 0.717) is 0 Å². The van der Waals surface area contributed by atoms with Gasteiger partial charge in [-0.05, 0) is 38.1 Å². The van der Waals surface area contributed by atoms with Crippen LogP contribution in [0.1, 0.15) is 13.8 Å². The summed E-state index contributed by atoms with van der Waals surface area (Å²) in [7, 11) is 1.36. The summed E-state index contributed by atoms with van der Waals surface area (Å²) in [5.74, 6) is -0.577. The number of hydrogen-bond donors (Lipinski definition) is 0. The van der Waals surface area contributed by atoms with Crippen molar-refractivity contribution < 1.29 is 13.9 Å². The molecule has 0 aliphatic carbocycles. The summed E-state index contributed by atoms with van der Waals surface area (Å²) >= 11 is 1.35. The zero-order valence-corrected chi connectivity index (χ0v) is 9.73. The Labute approximate surface area is 92.8 Å². The average Bonchev–Trinajstić information content (AvgIpc) is 2.20. The second kappa shape index (κ2) is 4.66. The van der Waals surface area contributed by atoms with Crippen LogP contribution < -0.4 is 0 Å². The van der Waals surface area contributed by atoms with E-state index in [0.717, 1.165) is 4.90 Å². The molecule has 0 fully saturated rings. The van der Waals surface area contributed by atoms with E-state index >= 15 is 0 Å². The van der Waals surface area contributed by atoms with Gasteiger partial charge in [-0.15, -0.1) is 11.8 Å². The number of benzene rings is 1. The number of ether oxygens (including phenoxy) is 1. The van der Waals surface area contributed by atoms with E-state index in [1.807, 2.05) is 0 Å². The highest BCUT2D eigenvalue weighted by Gasteiger charge is 2.29. The maximum atomic E-state index is 12.6. The normalized spacial score (nSPS) is 11.2. The van der Waals surface area contributed by atoms with Gasteiger partial charge in [0, 0.05) is 4.90 Å². The fourth-order valence-electron chi connectivity index (χ4n) is 1.08. The summed E-state index contributed by atoms with van der Waals surface area (Å²) in [5.41, 5.74) is 0. The molecule has 0 amide bonds. The average molecular weight is 228 g/mol. The van der Waals surface area contributed by atoms with Crippen LogP contribution in [0, 0.1) is 5.82 Å². The van der Waals surface area contributed by atoms with E-state index in [4.69, 9.17) is 0 Å². The molecule has 0 bridgehead atoms. The lowest BCUT2D eigenvalue weighted by atomic mass is 10.2. The molecule has 82 valence electrons. The van der Waals surface area contributed by atoms with Crippen LogP contribution in [-0.2, 0) is 9.53 Å². The van der Waals surface area contributed by atoms with Gasteiger partial charge in [0.05, 0.1) is 7.11 Å². The Hall–Kier alpha value is -1.03. The van der Waals surface area contributed by atoms with Crippen molar-refractivity contribution in [3.63, 3.8) is 0 Å². The first kappa shape index (κ1) is 12.0. The minimum Gasteiger partial charge on any atom is -0.468 e. The van der Waals surface area contributed by atoms with Crippen LogP contribution in [-0.4, -0.2) is 17.8 Å². The molecule has 0 saturated heterocycles. The summed E-state index contributed by atoms with van der Waals surface area (Å²) in [5, 5.41) is 0. The molecule has 0 aliphatic rings. The minimum atomic E-state index is -0.660. The molecule has 0 heterocycles. The standard InChI is InChI=1S/C11H13FO2S/c1-11(2,10(13)14-3)15-9-6-4-8(12)5-7-9/h4-7H,1-3H3. The Morgan fingerprint density at radius 1 is 1.33 bits per heavy atom. The third kappa shape index (κ3) is 3.23. The van der Waals surface area contributed by atoms with E-state index in [9.17, 15) is 9.18 Å². The lowest BCUT2D eigenvalue weighted by Crippen LogP contribution is -2.28. The first-order chi connectivity index (χ1) is 6.95. The van der Waals surface area contributed by atoms with E-state index in [2.05, 4.69) is 4.74 Å². The van der Waals surface area contributed by atoms with Gasteiger partial charge in [-0.25, -0.2) is 4.39 Å². The molecule has 0 radical (unpaired) electrons. The van der Waals surface area contributed by atoms with Crippen molar-refractivity contribution in [1.29, 1.82) is 0 Å². The molecule has 0 spiro atoms. The third-order valence-electron chi connectivity index (χ3n) is 1.86. The Morgan fingerprint density at radius 3 is 2.33 bits per heavy atom. The van der Waals surface area contributed by atoms with Gasteiger partial charge in [0.25, 0.3) is 0 Å². The third-order valence-corrected chi connectivity index (χ3v) is 3.05. The van der Waals surface area contributed by atoms with Gasteiger partial charge in [-0.1, -0.05) is 0 Å². The van der Waals surface area contributed by atoms with E-state index in [1.165, 1.54) is 31.0 Å². The smallest absolute Gasteiger partial charge is 0.321 e. The summed E-state index contributed by atoms with van der Waals surface area (Å²) in [6, 6.07) is 6.03. The molecular weight excluding hydrogens is 215 g/mol. The minimum absolute atomic E-state index is 0.282. The molecule has 0 saturated carbocycles. The van der Waals surface area contributed by atoms with Crippen molar-refractivity contribution in [2.45, 2.75) is 23.5 Å². The molecular formula is C11H13FO2S. The molecule has 0 aliphatic heterocycles. The molecule has 1 aromatic carbocycles. The highest BCUT2D eigenvalue weighted by Crippen LogP contribution is 2.33. The van der Waals surface area contributed by atoms with Gasteiger partial charge in [0.2, 0.25) is 0 Å². The van der Waals surface area contributed by atoms with Crippen LogP contribution in [0.4, 0.5) is 4.39 Å². The number of carbonyl (C=O) groups excluding carboxylic acids is 1. The van der Waals surface area contributed by atoms with Crippen LogP contribution in [0.25, 0.3) is 0 Å². The van der Waals surface area contributed by atoms with Gasteiger partial charge in [0.1, 0.15) is 10.6 Å². The Balaban J connectivity index is 2.77. The van der Waals surface area contributed by atoms with Crippen LogP contribution >= 0.6 is 11.8 Å². The maximum Gasteiger partial charge on any atom is 0.321 e. The van der Waals surface area contributed by atoms with Crippen molar-refractivity contribution in [3.8, 4) is 0 Å². The number of methoxy groups -OCH3 is 1. The molecule has 0 N–H and O–H groups in total. The number of rotatable bonds is 3. The SMILES string of the molecule is COC(=O)C(C)(C)Sc1ccc(F)cc1. The fourth-order valence-corrected chi connectivity index (χ4v) is 2.11. The first-order valence-electron chi connectivity index (χ1n) is 4.49. The molecule has 1 aromatic rings. The largest absolute Gasteiger partial charge is 0.468 e. The summed E-state index contributed by atoms with van der Waals surface area (Å²) < 4.78 is 16.7. The molecule has 2 nitrogen and oxygen atoms in total. The number of thioether (sulfide) groups is 1. The zero-order chi connectivity index (χ0) is 11.5. The highest BCUT2D eigenvalue weighted by atomic mass is 32.2. The predicted molar refractivity (Wildman–Crippen MR) is 58.4 cm³/mol. The van der Waals surface area contributed by atoms with Gasteiger partial charge in [-0.2, -0.15) is 0 Å². The molecule has 4 heteroatoms. The summed E-state index contributed by atoms with van der Waals surface area (Å²) in [6.45, 7) is 3.54. The molecule has 15 heavy (non-hydrogen) atoms. The topological polar surface area (TPSA) is 26.3 Å². The molecule has 0 atom stereocenters. The Bertz CT molecular complexity index is 346. The van der Waals surface area contributed by atoms with Gasteiger partial charge >= 0.3 is 5.97 Å². The summed E-state index contributed by atoms with van der Waals surface area (Å²) in [6.07, 6.45) is 0. The maximum absolute atomic E-state index is 12.6. The van der Waals surface area contributed by atoms with Crippen LogP contribution in [0.2, 0.25) is 0 Å². The van der Waals surface area contributed by atoms with Crippen molar-refractivity contribution in [1.82, 2.24) is 0 Å². The predicted octanol–water partition coefficient (Wildman–Crippen LogP) is 2.87. The van der Waals surface area contributed by atoms with Crippen LogP contribution in [0.5, 0.6) is 0 Å². The fraction of sp³-hybridized carbons (Fsp3) is 0.364. The van der Waals surface area contributed by atoms with Gasteiger partial charge in [0.15, 0.2) is 0 Å². The molecule has 0 unspecified atom stereocenters.